The highest BCUT2D eigenvalue weighted by molar-refractivity contribution is 5.85. The summed E-state index contributed by atoms with van der Waals surface area (Å²) in [6, 6.07) is 5.47. The molecule has 1 aliphatic heterocycles. The largest absolute Gasteiger partial charge is 0.504 e. The fourth-order valence-electron chi connectivity index (χ4n) is 2.53. The molecule has 1 heterocycles. The third kappa shape index (κ3) is 4.14. The maximum atomic E-state index is 10.3. The number of aromatic hydroxyl groups is 1. The lowest BCUT2D eigenvalue weighted by atomic mass is 9.98. The average molecular weight is 334 g/mol. The molecule has 0 unspecified atom stereocenters. The number of piperazine rings is 1. The molecule has 0 saturated carbocycles. The molecule has 2 N–H and O–H groups in total. The molecule has 0 aromatic heterocycles. The molecular formula is C14H21Cl2N3O2. The lowest BCUT2D eigenvalue weighted by Crippen LogP contribution is -2.44. The molecule has 0 amide bonds. The van der Waals surface area contributed by atoms with Crippen molar-refractivity contribution in [3.63, 3.8) is 0 Å². The van der Waals surface area contributed by atoms with E-state index in [0.29, 0.717) is 16.9 Å². The summed E-state index contributed by atoms with van der Waals surface area (Å²) in [5, 5.41) is 22.8. The Labute approximate surface area is 137 Å². The molecule has 1 saturated heterocycles. The van der Waals surface area contributed by atoms with Crippen LogP contribution in [0, 0.1) is 11.3 Å². The van der Waals surface area contributed by atoms with Gasteiger partial charge in [-0.3, -0.25) is 4.90 Å². The number of nitriles is 1. The van der Waals surface area contributed by atoms with Gasteiger partial charge in [-0.2, -0.15) is 5.26 Å². The summed E-state index contributed by atoms with van der Waals surface area (Å²) >= 11 is 0. The first-order valence-electron chi connectivity index (χ1n) is 6.43. The predicted molar refractivity (Wildman–Crippen MR) is 86.7 cm³/mol. The van der Waals surface area contributed by atoms with E-state index in [0.717, 1.165) is 26.2 Å². The molecule has 2 rings (SSSR count). The van der Waals surface area contributed by atoms with Crippen molar-refractivity contribution < 1.29 is 9.84 Å². The topological polar surface area (TPSA) is 68.5 Å². The van der Waals surface area contributed by atoms with Gasteiger partial charge in [-0.1, -0.05) is 0 Å². The highest BCUT2D eigenvalue weighted by Crippen LogP contribution is 2.38. The molecular weight excluding hydrogens is 313 g/mol. The molecule has 1 atom stereocenters. The normalized spacial score (nSPS) is 16.0. The monoisotopic (exact) mass is 333 g/mol. The van der Waals surface area contributed by atoms with E-state index in [4.69, 9.17) is 4.74 Å². The Bertz CT molecular complexity index is 500. The van der Waals surface area contributed by atoms with Gasteiger partial charge in [0.15, 0.2) is 11.5 Å². The second-order valence-electron chi connectivity index (χ2n) is 4.65. The first-order valence-corrected chi connectivity index (χ1v) is 6.43. The molecule has 5 nitrogen and oxygen atoms in total. The summed E-state index contributed by atoms with van der Waals surface area (Å²) in [5.74, 6) is 0.489. The van der Waals surface area contributed by atoms with Crippen molar-refractivity contribution in [2.75, 3.05) is 33.3 Å². The van der Waals surface area contributed by atoms with Crippen LogP contribution in [0.2, 0.25) is 0 Å². The molecule has 0 bridgehead atoms. The summed E-state index contributed by atoms with van der Waals surface area (Å²) in [7, 11) is 1.51. The van der Waals surface area contributed by atoms with Crippen LogP contribution in [0.1, 0.15) is 24.1 Å². The van der Waals surface area contributed by atoms with Crippen molar-refractivity contribution in [1.82, 2.24) is 10.2 Å². The van der Waals surface area contributed by atoms with Gasteiger partial charge >= 0.3 is 0 Å². The number of methoxy groups -OCH3 is 1. The molecule has 0 spiro atoms. The molecule has 21 heavy (non-hydrogen) atoms. The quantitative estimate of drug-likeness (QED) is 0.886. The van der Waals surface area contributed by atoms with E-state index < -0.39 is 0 Å². The Balaban J connectivity index is 0.00000200. The van der Waals surface area contributed by atoms with E-state index in [-0.39, 0.29) is 36.6 Å². The fraction of sp³-hybridized carbons (Fsp3) is 0.500. The van der Waals surface area contributed by atoms with Gasteiger partial charge in [-0.25, -0.2) is 0 Å². The lowest BCUT2D eigenvalue weighted by Gasteiger charge is -2.33. The maximum absolute atomic E-state index is 10.3. The molecule has 7 heteroatoms. The summed E-state index contributed by atoms with van der Waals surface area (Å²) in [6.45, 7) is 5.68. The fourth-order valence-corrected chi connectivity index (χ4v) is 2.53. The number of rotatable bonds is 3. The number of hydrogen-bond acceptors (Lipinski definition) is 5. The molecule has 1 aliphatic rings. The summed E-state index contributed by atoms with van der Waals surface area (Å²) < 4.78 is 5.13. The van der Waals surface area contributed by atoms with E-state index in [9.17, 15) is 10.4 Å². The minimum Gasteiger partial charge on any atom is -0.504 e. The SMILES string of the molecule is COc1ccc(C#N)c([C@H](C)N2CCNCC2)c1O.Cl.Cl. The van der Waals surface area contributed by atoms with Gasteiger partial charge in [0.2, 0.25) is 0 Å². The second kappa shape index (κ2) is 8.96. The van der Waals surface area contributed by atoms with Crippen molar-refractivity contribution in [3.8, 4) is 17.6 Å². The minimum absolute atomic E-state index is 0. The van der Waals surface area contributed by atoms with Crippen LogP contribution in [0.3, 0.4) is 0 Å². The van der Waals surface area contributed by atoms with E-state index in [1.165, 1.54) is 7.11 Å². The molecule has 1 fully saturated rings. The zero-order valence-corrected chi connectivity index (χ0v) is 13.8. The third-order valence-electron chi connectivity index (χ3n) is 3.64. The van der Waals surface area contributed by atoms with Crippen molar-refractivity contribution in [3.05, 3.63) is 23.3 Å². The molecule has 0 radical (unpaired) electrons. The minimum atomic E-state index is -0.00755. The number of ether oxygens (including phenoxy) is 1. The van der Waals surface area contributed by atoms with Crippen molar-refractivity contribution in [2.45, 2.75) is 13.0 Å². The van der Waals surface area contributed by atoms with Crippen molar-refractivity contribution in [2.24, 2.45) is 0 Å². The van der Waals surface area contributed by atoms with Gasteiger partial charge in [0, 0.05) is 37.8 Å². The van der Waals surface area contributed by atoms with Gasteiger partial charge in [-0.05, 0) is 19.1 Å². The highest BCUT2D eigenvalue weighted by Gasteiger charge is 2.24. The number of nitrogens with zero attached hydrogens (tertiary/aromatic N) is 2. The van der Waals surface area contributed by atoms with E-state index in [2.05, 4.69) is 16.3 Å². The number of phenolic OH excluding ortho intramolecular Hbond substituents is 1. The van der Waals surface area contributed by atoms with Crippen molar-refractivity contribution in [1.29, 1.82) is 5.26 Å². The van der Waals surface area contributed by atoms with Crippen LogP contribution in [0.25, 0.3) is 0 Å². The predicted octanol–water partition coefficient (Wildman–Crippen LogP) is 2.08. The molecule has 1 aromatic carbocycles. The molecule has 0 aliphatic carbocycles. The van der Waals surface area contributed by atoms with Crippen LogP contribution in [0.15, 0.2) is 12.1 Å². The van der Waals surface area contributed by atoms with E-state index >= 15 is 0 Å². The number of halogens is 2. The van der Waals surface area contributed by atoms with Gasteiger partial charge < -0.3 is 15.2 Å². The maximum Gasteiger partial charge on any atom is 0.163 e. The van der Waals surface area contributed by atoms with Crippen LogP contribution < -0.4 is 10.1 Å². The third-order valence-corrected chi connectivity index (χ3v) is 3.64. The van der Waals surface area contributed by atoms with E-state index in [1.54, 1.807) is 12.1 Å². The average Bonchev–Trinajstić information content (AvgIpc) is 2.47. The Morgan fingerprint density at radius 2 is 1.95 bits per heavy atom. The van der Waals surface area contributed by atoms with Gasteiger partial charge in [0.05, 0.1) is 18.7 Å². The van der Waals surface area contributed by atoms with Crippen LogP contribution in [-0.4, -0.2) is 43.3 Å². The lowest BCUT2D eigenvalue weighted by molar-refractivity contribution is 0.182. The van der Waals surface area contributed by atoms with Gasteiger partial charge in [0.25, 0.3) is 0 Å². The summed E-state index contributed by atoms with van der Waals surface area (Å²) in [6.07, 6.45) is 0. The van der Waals surface area contributed by atoms with Crippen molar-refractivity contribution >= 4 is 24.8 Å². The van der Waals surface area contributed by atoms with Crippen LogP contribution in [-0.2, 0) is 0 Å². The molecule has 118 valence electrons. The number of hydrogen-bond donors (Lipinski definition) is 2. The molecule has 1 aromatic rings. The standard InChI is InChI=1S/C14H19N3O2.2ClH/c1-10(17-7-5-16-6-8-17)13-11(9-15)3-4-12(19-2)14(13)18;;/h3-4,10,16,18H,5-8H2,1-2H3;2*1H/t10-;;/m0../s1. The zero-order chi connectivity index (χ0) is 13.8. The zero-order valence-electron chi connectivity index (χ0n) is 12.1. The Morgan fingerprint density at radius 1 is 1.33 bits per heavy atom. The second-order valence-corrected chi connectivity index (χ2v) is 4.65. The first kappa shape index (κ1) is 19.8. The number of benzene rings is 1. The van der Waals surface area contributed by atoms with Crippen LogP contribution >= 0.6 is 24.8 Å². The van der Waals surface area contributed by atoms with Crippen LogP contribution in [0.5, 0.6) is 11.5 Å². The first-order chi connectivity index (χ1) is 9.19. The van der Waals surface area contributed by atoms with Gasteiger partial charge in [-0.15, -0.1) is 24.8 Å². The summed E-state index contributed by atoms with van der Waals surface area (Å²) in [5.41, 5.74) is 1.16. The Morgan fingerprint density at radius 3 is 2.48 bits per heavy atom. The van der Waals surface area contributed by atoms with Crippen LogP contribution in [0.4, 0.5) is 0 Å². The van der Waals surface area contributed by atoms with E-state index in [1.807, 2.05) is 6.92 Å². The van der Waals surface area contributed by atoms with Gasteiger partial charge in [0.1, 0.15) is 0 Å². The smallest absolute Gasteiger partial charge is 0.163 e. The summed E-state index contributed by atoms with van der Waals surface area (Å²) in [4.78, 5) is 2.26. The number of phenols is 1. The Kier molecular flexibility index (Phi) is 8.45. The number of nitrogens with one attached hydrogen (secondary N) is 1. The highest BCUT2D eigenvalue weighted by atomic mass is 35.5. The Hall–Kier alpha value is -1.19.